The average molecular weight is 438 g/mol. The molecule has 2 aromatic rings. The summed E-state index contributed by atoms with van der Waals surface area (Å²) in [6.07, 6.45) is 4.03. The van der Waals surface area contributed by atoms with E-state index in [9.17, 15) is 14.7 Å². The second-order valence-corrected chi connectivity index (χ2v) is 8.66. The number of aromatic hydroxyl groups is 1. The van der Waals surface area contributed by atoms with Crippen LogP contribution in [0.5, 0.6) is 11.5 Å². The Morgan fingerprint density at radius 2 is 2.09 bits per heavy atom. The van der Waals surface area contributed by atoms with Crippen molar-refractivity contribution >= 4 is 17.9 Å². The van der Waals surface area contributed by atoms with E-state index in [1.807, 2.05) is 12.1 Å². The molecule has 1 aliphatic carbocycles. The summed E-state index contributed by atoms with van der Waals surface area (Å²) in [4.78, 5) is 32.6. The van der Waals surface area contributed by atoms with Gasteiger partial charge in [0, 0.05) is 12.1 Å². The molecule has 1 aromatic carbocycles. The summed E-state index contributed by atoms with van der Waals surface area (Å²) in [7, 11) is 0. The van der Waals surface area contributed by atoms with E-state index in [0.29, 0.717) is 41.9 Å². The van der Waals surface area contributed by atoms with Crippen LogP contribution in [-0.2, 0) is 6.54 Å². The normalized spacial score (nSPS) is 20.8. The zero-order valence-electron chi connectivity index (χ0n) is 17.8. The average Bonchev–Trinajstić information content (AvgIpc) is 3.62. The van der Waals surface area contributed by atoms with Gasteiger partial charge in [-0.25, -0.2) is 19.5 Å². The Balaban J connectivity index is 1.56. The number of nitrogens with zero attached hydrogens (tertiary/aromatic N) is 3. The molecule has 2 aliphatic heterocycles. The lowest BCUT2D eigenvalue weighted by Gasteiger charge is -2.40. The summed E-state index contributed by atoms with van der Waals surface area (Å²) in [6, 6.07) is 7.39. The Kier molecular flexibility index (Phi) is 5.34. The highest BCUT2D eigenvalue weighted by atomic mass is 16.5. The van der Waals surface area contributed by atoms with Gasteiger partial charge in [-0.15, -0.1) is 0 Å². The van der Waals surface area contributed by atoms with Gasteiger partial charge in [0.05, 0.1) is 30.5 Å². The van der Waals surface area contributed by atoms with Crippen LogP contribution in [0.2, 0.25) is 0 Å². The minimum atomic E-state index is -0.782. The first-order valence-electron chi connectivity index (χ1n) is 11.1. The number of phenols is 1. The third kappa shape index (κ3) is 3.84. The minimum absolute atomic E-state index is 0.0672. The molecule has 32 heavy (non-hydrogen) atoms. The van der Waals surface area contributed by atoms with E-state index < -0.39 is 12.1 Å². The predicted molar refractivity (Wildman–Crippen MR) is 118 cm³/mol. The van der Waals surface area contributed by atoms with Gasteiger partial charge in [0.2, 0.25) is 0 Å². The maximum Gasteiger partial charge on any atom is 0.334 e. The van der Waals surface area contributed by atoms with Crippen LogP contribution in [0.4, 0.5) is 15.4 Å². The molecule has 1 saturated carbocycles. The molecule has 9 nitrogen and oxygen atoms in total. The zero-order chi connectivity index (χ0) is 22.2. The number of carbonyl (C=O) groups is 2. The molecule has 1 atom stereocenters. The number of nitrogens with one attached hydrogen (secondary N) is 1. The number of ether oxygens (including phenoxy) is 1. The fraction of sp³-hybridized carbons (Fsp3) is 0.435. The summed E-state index contributed by atoms with van der Waals surface area (Å²) in [5.74, 6) is 1.69. The summed E-state index contributed by atoms with van der Waals surface area (Å²) < 4.78 is 5.99. The molecule has 5 rings (SSSR count). The van der Waals surface area contributed by atoms with Crippen LogP contribution in [0.25, 0.3) is 11.3 Å². The maximum atomic E-state index is 13.2. The second kappa shape index (κ2) is 8.31. The van der Waals surface area contributed by atoms with Crippen molar-refractivity contribution in [2.75, 3.05) is 24.6 Å². The van der Waals surface area contributed by atoms with E-state index in [0.717, 1.165) is 42.7 Å². The Morgan fingerprint density at radius 3 is 2.81 bits per heavy atom. The number of primary amides is 1. The second-order valence-electron chi connectivity index (χ2n) is 8.66. The van der Waals surface area contributed by atoms with Gasteiger partial charge in [-0.2, -0.15) is 0 Å². The molecule has 0 bridgehead atoms. The lowest BCUT2D eigenvalue weighted by atomic mass is 10.0. The first kappa shape index (κ1) is 20.6. The monoisotopic (exact) mass is 437 g/mol. The van der Waals surface area contributed by atoms with Gasteiger partial charge in [0.1, 0.15) is 17.3 Å². The highest BCUT2D eigenvalue weighted by molar-refractivity contribution is 6.04. The Morgan fingerprint density at radius 1 is 1.25 bits per heavy atom. The molecule has 3 aliphatic rings. The van der Waals surface area contributed by atoms with Crippen molar-refractivity contribution in [3.63, 3.8) is 0 Å². The smallest absolute Gasteiger partial charge is 0.334 e. The van der Waals surface area contributed by atoms with Gasteiger partial charge >= 0.3 is 12.1 Å². The summed E-state index contributed by atoms with van der Waals surface area (Å²) in [5.41, 5.74) is 7.23. The first-order chi connectivity index (χ1) is 15.5. The fourth-order valence-corrected chi connectivity index (χ4v) is 4.35. The molecule has 1 aromatic heterocycles. The van der Waals surface area contributed by atoms with Crippen molar-refractivity contribution in [3.05, 3.63) is 35.9 Å². The van der Waals surface area contributed by atoms with Crippen molar-refractivity contribution in [1.29, 1.82) is 0 Å². The number of fused-ring (bicyclic) bond motifs is 1. The van der Waals surface area contributed by atoms with Crippen LogP contribution in [-0.4, -0.2) is 52.8 Å². The molecular formula is C23H27N5O4. The minimum Gasteiger partial charge on any atom is -0.507 e. The number of imide groups is 1. The standard InChI is InChI=1S/C23H27N5O4/c24-22(30)27-12-15-8-9-17(20-18(29)4-1-5-19(20)32-13-14-6-7-14)26-21(15)28(23(27)31)16-3-2-10-25-11-16/h1,4-5,8-9,14,16,25,29H,2-3,6-7,10-13H2,(H2,24,30). The van der Waals surface area contributed by atoms with Crippen LogP contribution < -0.4 is 20.7 Å². The molecule has 2 fully saturated rings. The molecule has 0 spiro atoms. The number of phenolic OH excluding ortho intramolecular Hbond substituents is 1. The zero-order valence-corrected chi connectivity index (χ0v) is 17.8. The maximum absolute atomic E-state index is 13.2. The third-order valence-corrected chi connectivity index (χ3v) is 6.28. The number of carbonyl (C=O) groups excluding carboxylic acids is 2. The molecule has 3 heterocycles. The summed E-state index contributed by atoms with van der Waals surface area (Å²) >= 11 is 0. The number of hydrogen-bond acceptors (Lipinski definition) is 6. The van der Waals surface area contributed by atoms with Gasteiger partial charge in [0.25, 0.3) is 0 Å². The van der Waals surface area contributed by atoms with Crippen LogP contribution in [0, 0.1) is 5.92 Å². The van der Waals surface area contributed by atoms with E-state index in [1.54, 1.807) is 23.1 Å². The van der Waals surface area contributed by atoms with Gasteiger partial charge in [-0.3, -0.25) is 4.90 Å². The Labute approximate surface area is 186 Å². The molecule has 1 saturated heterocycles. The highest BCUT2D eigenvalue weighted by Gasteiger charge is 2.39. The van der Waals surface area contributed by atoms with E-state index in [2.05, 4.69) is 5.32 Å². The fourth-order valence-electron chi connectivity index (χ4n) is 4.35. The van der Waals surface area contributed by atoms with Crippen molar-refractivity contribution < 1.29 is 19.4 Å². The number of pyridine rings is 1. The number of hydrogen-bond donors (Lipinski definition) is 3. The molecule has 4 N–H and O–H groups in total. The van der Waals surface area contributed by atoms with E-state index in [1.165, 1.54) is 0 Å². The number of anilines is 1. The lowest BCUT2D eigenvalue weighted by Crippen LogP contribution is -2.58. The summed E-state index contributed by atoms with van der Waals surface area (Å²) in [6.45, 7) is 2.17. The van der Waals surface area contributed by atoms with E-state index >= 15 is 0 Å². The van der Waals surface area contributed by atoms with Gasteiger partial charge in [-0.1, -0.05) is 12.1 Å². The molecule has 1 unspecified atom stereocenters. The van der Waals surface area contributed by atoms with Crippen molar-refractivity contribution in [2.24, 2.45) is 11.7 Å². The van der Waals surface area contributed by atoms with Crippen molar-refractivity contribution in [1.82, 2.24) is 15.2 Å². The van der Waals surface area contributed by atoms with Crippen LogP contribution >= 0.6 is 0 Å². The van der Waals surface area contributed by atoms with E-state index in [4.69, 9.17) is 15.5 Å². The van der Waals surface area contributed by atoms with E-state index in [-0.39, 0.29) is 18.3 Å². The topological polar surface area (TPSA) is 121 Å². The van der Waals surface area contributed by atoms with Gasteiger partial charge in [0.15, 0.2) is 0 Å². The third-order valence-electron chi connectivity index (χ3n) is 6.28. The number of benzene rings is 1. The van der Waals surface area contributed by atoms with Crippen molar-refractivity contribution in [3.8, 4) is 22.8 Å². The van der Waals surface area contributed by atoms with Crippen LogP contribution in [0.3, 0.4) is 0 Å². The highest BCUT2D eigenvalue weighted by Crippen LogP contribution is 2.40. The molecule has 9 heteroatoms. The first-order valence-corrected chi connectivity index (χ1v) is 11.1. The van der Waals surface area contributed by atoms with Gasteiger partial charge < -0.3 is 20.9 Å². The molecular weight excluding hydrogens is 410 g/mol. The Hall–Kier alpha value is -3.33. The van der Waals surface area contributed by atoms with Crippen molar-refractivity contribution in [2.45, 2.75) is 38.3 Å². The molecule has 4 amide bonds. The largest absolute Gasteiger partial charge is 0.507 e. The predicted octanol–water partition coefficient (Wildman–Crippen LogP) is 2.82. The molecule has 0 radical (unpaired) electrons. The quantitative estimate of drug-likeness (QED) is 0.661. The molecule has 168 valence electrons. The number of rotatable bonds is 5. The van der Waals surface area contributed by atoms with Crippen LogP contribution in [0.1, 0.15) is 31.2 Å². The number of amides is 4. The number of urea groups is 2. The summed E-state index contributed by atoms with van der Waals surface area (Å²) in [5, 5.41) is 13.9. The number of piperidine rings is 1. The number of nitrogens with two attached hydrogens (primary N) is 1. The van der Waals surface area contributed by atoms with Crippen LogP contribution in [0.15, 0.2) is 30.3 Å². The number of aromatic nitrogens is 1. The lowest BCUT2D eigenvalue weighted by molar-refractivity contribution is 0.187. The van der Waals surface area contributed by atoms with Gasteiger partial charge in [-0.05, 0) is 56.3 Å². The Bertz CT molecular complexity index is 1050. The SMILES string of the molecule is NC(=O)N1Cc2ccc(-c3c(O)cccc3OCC3CC3)nc2N(C2CCCNC2)C1=O.